The zero-order valence-corrected chi connectivity index (χ0v) is 20.3. The van der Waals surface area contributed by atoms with Gasteiger partial charge >= 0.3 is 5.97 Å². The Kier molecular flexibility index (Phi) is 7.86. The summed E-state index contributed by atoms with van der Waals surface area (Å²) >= 11 is 0. The average molecular weight is 508 g/mol. The monoisotopic (exact) mass is 507 g/mol. The Labute approximate surface area is 199 Å². The molecule has 34 heavy (non-hydrogen) atoms. The minimum absolute atomic E-state index is 0.0158. The molecular weight excluding hydrogens is 482 g/mol. The summed E-state index contributed by atoms with van der Waals surface area (Å²) in [7, 11) is -6.61. The molecule has 11 heteroatoms. The Morgan fingerprint density at radius 1 is 1.03 bits per heavy atom. The predicted molar refractivity (Wildman–Crippen MR) is 124 cm³/mol. The maximum atomic E-state index is 13.2. The van der Waals surface area contributed by atoms with E-state index in [-0.39, 0.29) is 35.8 Å². The summed E-state index contributed by atoms with van der Waals surface area (Å²) in [5.41, 5.74) is 0. The first kappa shape index (κ1) is 25.6. The van der Waals surface area contributed by atoms with Crippen molar-refractivity contribution in [3.63, 3.8) is 0 Å². The Hall–Kier alpha value is -3.07. The van der Waals surface area contributed by atoms with E-state index in [4.69, 9.17) is 9.47 Å². The van der Waals surface area contributed by atoms with Gasteiger partial charge in [-0.2, -0.15) is 4.31 Å². The van der Waals surface area contributed by atoms with Gasteiger partial charge < -0.3 is 14.6 Å². The van der Waals surface area contributed by atoms with Crippen molar-refractivity contribution in [1.82, 2.24) is 4.31 Å². The van der Waals surface area contributed by atoms with Gasteiger partial charge in [-0.1, -0.05) is 5.92 Å². The third kappa shape index (κ3) is 5.35. The molecule has 2 atom stereocenters. The number of sulfone groups is 1. The summed E-state index contributed by atoms with van der Waals surface area (Å²) in [6.45, 7) is 1.60. The molecule has 1 aliphatic heterocycles. The second-order valence-electron chi connectivity index (χ2n) is 7.52. The molecule has 0 saturated carbocycles. The van der Waals surface area contributed by atoms with Crippen LogP contribution in [0.4, 0.5) is 0 Å². The van der Waals surface area contributed by atoms with Crippen LogP contribution in [-0.4, -0.2) is 63.8 Å². The standard InChI is InChI=1S/C23H25NO8S2/c1-3-4-15-32-18-7-9-19(10-8-18)33(27,28)21-13-14-24(22(16-21)23(25)26)34(29,30)20-11-5-17(31-2)6-12-20/h5-12,21-22H,13-16H2,1-2H3,(H,25,26). The van der Waals surface area contributed by atoms with Crippen LogP contribution < -0.4 is 9.47 Å². The van der Waals surface area contributed by atoms with Crippen molar-refractivity contribution < 1.29 is 36.2 Å². The molecule has 0 radical (unpaired) electrons. The van der Waals surface area contributed by atoms with Crippen molar-refractivity contribution in [2.24, 2.45) is 0 Å². The van der Waals surface area contributed by atoms with E-state index in [1.54, 1.807) is 6.92 Å². The molecule has 182 valence electrons. The van der Waals surface area contributed by atoms with E-state index in [1.165, 1.54) is 55.6 Å². The highest BCUT2D eigenvalue weighted by Gasteiger charge is 2.44. The molecule has 1 aliphatic rings. The highest BCUT2D eigenvalue weighted by Crippen LogP contribution is 2.32. The molecule has 9 nitrogen and oxygen atoms in total. The quantitative estimate of drug-likeness (QED) is 0.539. The van der Waals surface area contributed by atoms with Gasteiger partial charge in [-0.3, -0.25) is 4.79 Å². The Morgan fingerprint density at radius 2 is 1.62 bits per heavy atom. The normalized spacial score (nSPS) is 19.0. The molecule has 1 heterocycles. The fourth-order valence-corrected chi connectivity index (χ4v) is 7.06. The predicted octanol–water partition coefficient (Wildman–Crippen LogP) is 2.18. The number of ether oxygens (including phenoxy) is 2. The SMILES string of the molecule is CC#CCOc1ccc(S(=O)(=O)C2CCN(S(=O)(=O)c3ccc(OC)cc3)C(C(=O)O)C2)cc1. The first-order valence-electron chi connectivity index (χ1n) is 10.4. The topological polar surface area (TPSA) is 127 Å². The van der Waals surface area contributed by atoms with Crippen LogP contribution in [0, 0.1) is 11.8 Å². The summed E-state index contributed by atoms with van der Waals surface area (Å²) in [5.74, 6) is 4.92. The molecule has 1 saturated heterocycles. The van der Waals surface area contributed by atoms with Gasteiger partial charge in [0.25, 0.3) is 0 Å². The number of methoxy groups -OCH3 is 1. The molecule has 2 aromatic carbocycles. The number of benzene rings is 2. The molecule has 1 N–H and O–H groups in total. The van der Waals surface area contributed by atoms with Gasteiger partial charge in [0.05, 0.1) is 22.2 Å². The molecule has 0 bridgehead atoms. The van der Waals surface area contributed by atoms with E-state index < -0.39 is 37.1 Å². The summed E-state index contributed by atoms with van der Waals surface area (Å²) in [6.07, 6.45) is -0.400. The third-order valence-corrected chi connectivity index (χ3v) is 9.69. The van der Waals surface area contributed by atoms with Crippen LogP contribution in [0.15, 0.2) is 58.3 Å². The lowest BCUT2D eigenvalue weighted by Crippen LogP contribution is -2.52. The van der Waals surface area contributed by atoms with E-state index in [2.05, 4.69) is 11.8 Å². The lowest BCUT2D eigenvalue weighted by atomic mass is 10.0. The van der Waals surface area contributed by atoms with Crippen LogP contribution >= 0.6 is 0 Å². The fraction of sp³-hybridized carbons (Fsp3) is 0.348. The van der Waals surface area contributed by atoms with Crippen molar-refractivity contribution in [1.29, 1.82) is 0 Å². The van der Waals surface area contributed by atoms with E-state index in [0.29, 0.717) is 11.5 Å². The molecule has 3 rings (SSSR count). The number of hydrogen-bond donors (Lipinski definition) is 1. The van der Waals surface area contributed by atoms with E-state index in [0.717, 1.165) is 4.31 Å². The number of carboxylic acids is 1. The number of carbonyl (C=O) groups is 1. The highest BCUT2D eigenvalue weighted by molar-refractivity contribution is 7.92. The van der Waals surface area contributed by atoms with Gasteiger partial charge in [0.2, 0.25) is 10.0 Å². The van der Waals surface area contributed by atoms with Crippen LogP contribution in [0.1, 0.15) is 19.8 Å². The van der Waals surface area contributed by atoms with Gasteiger partial charge in [-0.25, -0.2) is 16.8 Å². The van der Waals surface area contributed by atoms with Gasteiger partial charge in [0.15, 0.2) is 9.84 Å². The Balaban J connectivity index is 1.82. The molecule has 0 aliphatic carbocycles. The van der Waals surface area contributed by atoms with Crippen LogP contribution in [0.25, 0.3) is 0 Å². The summed E-state index contributed by atoms with van der Waals surface area (Å²) in [5, 5.41) is 8.70. The minimum Gasteiger partial charge on any atom is -0.497 e. The number of hydrogen-bond acceptors (Lipinski definition) is 7. The van der Waals surface area contributed by atoms with Crippen LogP contribution in [0.3, 0.4) is 0 Å². The third-order valence-electron chi connectivity index (χ3n) is 5.54. The maximum Gasteiger partial charge on any atom is 0.322 e. The smallest absolute Gasteiger partial charge is 0.322 e. The number of carboxylic acid groups (broad SMARTS) is 1. The number of aliphatic carboxylic acids is 1. The summed E-state index contributed by atoms with van der Waals surface area (Å²) < 4.78 is 63.9. The molecule has 0 amide bonds. The Bertz CT molecular complexity index is 1290. The van der Waals surface area contributed by atoms with Crippen molar-refractivity contribution >= 4 is 25.8 Å². The number of nitrogens with zero attached hydrogens (tertiary/aromatic N) is 1. The Morgan fingerprint density at radius 3 is 2.18 bits per heavy atom. The van der Waals surface area contributed by atoms with Crippen LogP contribution in [-0.2, 0) is 24.7 Å². The zero-order chi connectivity index (χ0) is 24.9. The highest BCUT2D eigenvalue weighted by atomic mass is 32.2. The molecular formula is C23H25NO8S2. The van der Waals surface area contributed by atoms with Gasteiger partial charge in [0, 0.05) is 6.54 Å². The molecule has 0 aromatic heterocycles. The maximum absolute atomic E-state index is 13.2. The molecule has 1 fully saturated rings. The van der Waals surface area contributed by atoms with Gasteiger partial charge in [-0.15, -0.1) is 5.92 Å². The second kappa shape index (κ2) is 10.5. The molecule has 2 unspecified atom stereocenters. The minimum atomic E-state index is -4.16. The van der Waals surface area contributed by atoms with Crippen molar-refractivity contribution in [2.75, 3.05) is 20.3 Å². The van der Waals surface area contributed by atoms with E-state index in [1.807, 2.05) is 0 Å². The summed E-state index contributed by atoms with van der Waals surface area (Å²) in [6, 6.07) is 9.84. The lowest BCUT2D eigenvalue weighted by molar-refractivity contribution is -0.142. The number of rotatable bonds is 8. The summed E-state index contributed by atoms with van der Waals surface area (Å²) in [4.78, 5) is 11.9. The van der Waals surface area contributed by atoms with E-state index >= 15 is 0 Å². The first-order valence-corrected chi connectivity index (χ1v) is 13.3. The average Bonchev–Trinajstić information content (AvgIpc) is 2.84. The van der Waals surface area contributed by atoms with E-state index in [9.17, 15) is 26.7 Å². The molecule has 2 aromatic rings. The largest absolute Gasteiger partial charge is 0.497 e. The number of sulfonamides is 1. The van der Waals surface area contributed by atoms with Crippen LogP contribution in [0.2, 0.25) is 0 Å². The van der Waals surface area contributed by atoms with Crippen LogP contribution in [0.5, 0.6) is 11.5 Å². The fourth-order valence-electron chi connectivity index (χ4n) is 3.70. The van der Waals surface area contributed by atoms with Gasteiger partial charge in [0.1, 0.15) is 24.1 Å². The van der Waals surface area contributed by atoms with Crippen molar-refractivity contribution in [2.45, 2.75) is 40.8 Å². The van der Waals surface area contributed by atoms with Gasteiger partial charge in [-0.05, 0) is 68.3 Å². The number of piperidine rings is 1. The second-order valence-corrected chi connectivity index (χ2v) is 11.6. The first-order chi connectivity index (χ1) is 16.1. The zero-order valence-electron chi connectivity index (χ0n) is 18.7. The van der Waals surface area contributed by atoms with Crippen molar-refractivity contribution in [3.05, 3.63) is 48.5 Å². The lowest BCUT2D eigenvalue weighted by Gasteiger charge is -2.35. The van der Waals surface area contributed by atoms with Crippen molar-refractivity contribution in [3.8, 4) is 23.3 Å². The molecule has 0 spiro atoms.